The molecule has 0 spiro atoms. The lowest BCUT2D eigenvalue weighted by Crippen LogP contribution is -2.46. The molecule has 0 aliphatic carbocycles. The fourth-order valence-corrected chi connectivity index (χ4v) is 4.44. The van der Waals surface area contributed by atoms with Crippen molar-refractivity contribution < 1.29 is 28.2 Å². The summed E-state index contributed by atoms with van der Waals surface area (Å²) in [6, 6.07) is 12.7. The van der Waals surface area contributed by atoms with Gasteiger partial charge < -0.3 is 9.47 Å². The lowest BCUT2D eigenvalue weighted by molar-refractivity contribution is -0.124. The first kappa shape index (κ1) is 23.4. The summed E-state index contributed by atoms with van der Waals surface area (Å²) in [4.78, 5) is 45.9. The Hall–Kier alpha value is -3.79. The van der Waals surface area contributed by atoms with Crippen LogP contribution >= 0.6 is 11.3 Å². The molecule has 0 fully saturated rings. The molecule has 0 atom stereocenters. The fourth-order valence-electron chi connectivity index (χ4n) is 3.47. The number of carbonyl (C=O) groups excluding carboxylic acids is 3. The van der Waals surface area contributed by atoms with Crippen molar-refractivity contribution in [1.82, 2.24) is 4.98 Å². The zero-order chi connectivity index (χ0) is 24.2. The number of benzene rings is 2. The predicted octanol–water partition coefficient (Wildman–Crippen LogP) is 3.73. The van der Waals surface area contributed by atoms with E-state index in [0.717, 1.165) is 11.3 Å². The molecule has 0 unspecified atom stereocenters. The number of thiazole rings is 1. The largest absolute Gasteiger partial charge is 0.482 e. The summed E-state index contributed by atoms with van der Waals surface area (Å²) in [5, 5.41) is 0.281. The van der Waals surface area contributed by atoms with Crippen molar-refractivity contribution in [3.63, 3.8) is 0 Å². The molecule has 0 radical (unpaired) electrons. The van der Waals surface area contributed by atoms with Crippen LogP contribution in [-0.4, -0.2) is 42.5 Å². The molecule has 8 nitrogen and oxygen atoms in total. The molecular formula is C24H22FN3O5S. The third-order valence-electron chi connectivity index (χ3n) is 5.13. The van der Waals surface area contributed by atoms with E-state index >= 15 is 0 Å². The second kappa shape index (κ2) is 10.0. The Labute approximate surface area is 199 Å². The summed E-state index contributed by atoms with van der Waals surface area (Å²) in [5.41, 5.74) is 1.59. The third kappa shape index (κ3) is 4.91. The number of anilines is 2. The Balaban J connectivity index is 1.66. The van der Waals surface area contributed by atoms with Gasteiger partial charge in [0.15, 0.2) is 11.7 Å². The minimum atomic E-state index is -0.518. The maximum absolute atomic E-state index is 13.5. The molecule has 2 amide bonds. The number of para-hydroxylation sites is 2. The van der Waals surface area contributed by atoms with Crippen molar-refractivity contribution in [2.45, 2.75) is 20.4 Å². The summed E-state index contributed by atoms with van der Waals surface area (Å²) in [6.07, 6.45) is 0. The average molecular weight is 484 g/mol. The summed E-state index contributed by atoms with van der Waals surface area (Å²) in [6.45, 7) is 3.22. The Kier molecular flexibility index (Phi) is 6.87. The highest BCUT2D eigenvalue weighted by Gasteiger charge is 2.31. The number of ether oxygens (including phenoxy) is 2. The van der Waals surface area contributed by atoms with Gasteiger partial charge in [-0.3, -0.25) is 19.4 Å². The van der Waals surface area contributed by atoms with Crippen molar-refractivity contribution in [2.24, 2.45) is 0 Å². The van der Waals surface area contributed by atoms with Gasteiger partial charge >= 0.3 is 5.97 Å². The number of nitrogens with zero attached hydrogens (tertiary/aromatic N) is 3. The van der Waals surface area contributed by atoms with Gasteiger partial charge in [0.1, 0.15) is 23.0 Å². The molecule has 176 valence electrons. The highest BCUT2D eigenvalue weighted by atomic mass is 32.1. The van der Waals surface area contributed by atoms with Gasteiger partial charge in [-0.05, 0) is 43.7 Å². The molecule has 10 heteroatoms. The van der Waals surface area contributed by atoms with Crippen LogP contribution in [0.5, 0.6) is 5.75 Å². The Morgan fingerprint density at radius 1 is 1.21 bits per heavy atom. The molecule has 0 saturated carbocycles. The normalized spacial score (nSPS) is 12.7. The zero-order valence-corrected chi connectivity index (χ0v) is 19.4. The van der Waals surface area contributed by atoms with Gasteiger partial charge in [-0.25, -0.2) is 14.2 Å². The van der Waals surface area contributed by atoms with Crippen LogP contribution in [0.15, 0.2) is 48.5 Å². The van der Waals surface area contributed by atoms with Gasteiger partial charge in [0.25, 0.3) is 5.91 Å². The van der Waals surface area contributed by atoms with E-state index in [1.54, 1.807) is 50.2 Å². The molecule has 34 heavy (non-hydrogen) atoms. The Morgan fingerprint density at radius 3 is 2.68 bits per heavy atom. The molecule has 0 bridgehead atoms. The van der Waals surface area contributed by atoms with Gasteiger partial charge in [-0.2, -0.15) is 0 Å². The molecule has 2 aromatic carbocycles. The summed E-state index contributed by atoms with van der Waals surface area (Å²) in [5.74, 6) is -1.17. The number of carbonyl (C=O) groups is 3. The SMILES string of the molecule is CCOC(=O)c1sc(N(Cc2ccc(F)cc2)C(=O)CN2C(=O)COc3ccccc32)nc1C. The Bertz CT molecular complexity index is 1230. The Morgan fingerprint density at radius 2 is 1.94 bits per heavy atom. The van der Waals surface area contributed by atoms with Crippen LogP contribution < -0.4 is 14.5 Å². The second-order valence-corrected chi connectivity index (χ2v) is 8.45. The van der Waals surface area contributed by atoms with Crippen LogP contribution in [0, 0.1) is 12.7 Å². The van der Waals surface area contributed by atoms with E-state index in [9.17, 15) is 18.8 Å². The van der Waals surface area contributed by atoms with Crippen molar-refractivity contribution in [3.05, 3.63) is 70.5 Å². The van der Waals surface area contributed by atoms with E-state index in [1.807, 2.05) is 0 Å². The van der Waals surface area contributed by atoms with E-state index < -0.39 is 17.7 Å². The fraction of sp³-hybridized carbons (Fsp3) is 0.250. The van der Waals surface area contributed by atoms with Crippen molar-refractivity contribution in [2.75, 3.05) is 29.6 Å². The number of hydrogen-bond donors (Lipinski definition) is 0. The molecule has 3 aromatic rings. The molecule has 1 aliphatic rings. The van der Waals surface area contributed by atoms with Crippen molar-refractivity contribution >= 4 is 39.9 Å². The van der Waals surface area contributed by atoms with Gasteiger partial charge in [-0.15, -0.1) is 0 Å². The number of hydrogen-bond acceptors (Lipinski definition) is 7. The minimum Gasteiger partial charge on any atom is -0.482 e. The molecule has 4 rings (SSSR count). The lowest BCUT2D eigenvalue weighted by atomic mass is 10.2. The maximum atomic E-state index is 13.5. The van der Waals surface area contributed by atoms with E-state index in [0.29, 0.717) is 27.6 Å². The number of aryl methyl sites for hydroxylation is 1. The van der Waals surface area contributed by atoms with Crippen LogP contribution in [0.25, 0.3) is 0 Å². The molecule has 0 saturated heterocycles. The topological polar surface area (TPSA) is 89.0 Å². The summed E-state index contributed by atoms with van der Waals surface area (Å²) < 4.78 is 24.0. The number of aromatic nitrogens is 1. The van der Waals surface area contributed by atoms with Crippen molar-refractivity contribution in [1.29, 1.82) is 0 Å². The monoisotopic (exact) mass is 483 g/mol. The number of amides is 2. The predicted molar refractivity (Wildman–Crippen MR) is 125 cm³/mol. The van der Waals surface area contributed by atoms with Crippen molar-refractivity contribution in [3.8, 4) is 5.75 Å². The van der Waals surface area contributed by atoms with Crippen LogP contribution in [0.3, 0.4) is 0 Å². The molecular weight excluding hydrogens is 461 g/mol. The highest BCUT2D eigenvalue weighted by molar-refractivity contribution is 7.17. The van der Waals surface area contributed by atoms with E-state index in [2.05, 4.69) is 4.98 Å². The van der Waals surface area contributed by atoms with Gasteiger partial charge in [0.2, 0.25) is 5.91 Å². The number of fused-ring (bicyclic) bond motifs is 1. The van der Waals surface area contributed by atoms with E-state index in [4.69, 9.17) is 9.47 Å². The number of rotatable bonds is 7. The maximum Gasteiger partial charge on any atom is 0.350 e. The molecule has 1 aliphatic heterocycles. The summed E-state index contributed by atoms with van der Waals surface area (Å²) >= 11 is 1.03. The molecule has 1 aromatic heterocycles. The average Bonchev–Trinajstić information content (AvgIpc) is 3.22. The minimum absolute atomic E-state index is 0.0779. The van der Waals surface area contributed by atoms with Crippen LogP contribution in [-0.2, 0) is 20.9 Å². The first-order chi connectivity index (χ1) is 16.4. The second-order valence-electron chi connectivity index (χ2n) is 7.47. The van der Waals surface area contributed by atoms with E-state index in [-0.39, 0.29) is 37.3 Å². The highest BCUT2D eigenvalue weighted by Crippen LogP contribution is 2.33. The van der Waals surface area contributed by atoms with Crippen LogP contribution in [0.1, 0.15) is 27.9 Å². The first-order valence-corrected chi connectivity index (χ1v) is 11.4. The zero-order valence-electron chi connectivity index (χ0n) is 18.6. The number of halogens is 1. The van der Waals surface area contributed by atoms with Gasteiger partial charge in [-0.1, -0.05) is 35.6 Å². The smallest absolute Gasteiger partial charge is 0.350 e. The van der Waals surface area contributed by atoms with E-state index in [1.165, 1.54) is 21.9 Å². The number of esters is 1. The molecule has 2 heterocycles. The van der Waals surface area contributed by atoms with Crippen LogP contribution in [0.2, 0.25) is 0 Å². The molecule has 0 N–H and O–H groups in total. The first-order valence-electron chi connectivity index (χ1n) is 10.6. The van der Waals surface area contributed by atoms with Gasteiger partial charge in [0, 0.05) is 0 Å². The quantitative estimate of drug-likeness (QED) is 0.476. The third-order valence-corrected chi connectivity index (χ3v) is 6.29. The summed E-state index contributed by atoms with van der Waals surface area (Å²) in [7, 11) is 0. The van der Waals surface area contributed by atoms with Crippen LogP contribution in [0.4, 0.5) is 15.2 Å². The standard InChI is InChI=1S/C24H22FN3O5S/c1-3-32-23(31)22-15(2)26-24(34-22)28(12-16-8-10-17(25)11-9-16)20(29)13-27-18-6-4-5-7-19(18)33-14-21(27)30/h4-11H,3,12-14H2,1-2H3. The van der Waals surface area contributed by atoms with Gasteiger partial charge in [0.05, 0.1) is 24.5 Å². The lowest BCUT2D eigenvalue weighted by Gasteiger charge is -2.30.